The highest BCUT2D eigenvalue weighted by Gasteiger charge is 2.40. The third-order valence-electron chi connectivity index (χ3n) is 4.44. The van der Waals surface area contributed by atoms with E-state index in [4.69, 9.17) is 9.47 Å². The molecule has 0 aliphatic heterocycles. The Balaban J connectivity index is 2.05. The van der Waals surface area contributed by atoms with Crippen LogP contribution >= 0.6 is 11.3 Å². The van der Waals surface area contributed by atoms with Crippen molar-refractivity contribution in [3.05, 3.63) is 58.3 Å². The monoisotopic (exact) mass is 356 g/mol. The highest BCUT2D eigenvalue weighted by atomic mass is 32.1. The van der Waals surface area contributed by atoms with E-state index in [0.717, 1.165) is 16.7 Å². The third-order valence-corrected chi connectivity index (χ3v) is 5.12. The number of thiophene rings is 1. The Bertz CT molecular complexity index is 792. The van der Waals surface area contributed by atoms with Crippen molar-refractivity contribution in [1.82, 2.24) is 0 Å². The zero-order valence-corrected chi connectivity index (χ0v) is 15.0. The van der Waals surface area contributed by atoms with Crippen molar-refractivity contribution in [2.75, 3.05) is 13.7 Å². The molecule has 25 heavy (non-hydrogen) atoms. The number of carbonyl (C=O) groups is 2. The van der Waals surface area contributed by atoms with Crippen molar-refractivity contribution in [3.63, 3.8) is 0 Å². The molecule has 1 aromatic carbocycles. The van der Waals surface area contributed by atoms with Gasteiger partial charge in [0.2, 0.25) is 0 Å². The first kappa shape index (κ1) is 17.4. The zero-order chi connectivity index (χ0) is 17.8. The Morgan fingerprint density at radius 3 is 2.76 bits per heavy atom. The number of benzene rings is 1. The molecule has 0 fully saturated rings. The van der Waals surface area contributed by atoms with Crippen LogP contribution in [-0.2, 0) is 14.3 Å². The molecule has 0 saturated carbocycles. The minimum atomic E-state index is -0.835. The van der Waals surface area contributed by atoms with Gasteiger partial charge in [0.1, 0.15) is 11.7 Å². The fourth-order valence-electron chi connectivity index (χ4n) is 3.30. The Morgan fingerprint density at radius 2 is 2.08 bits per heavy atom. The number of rotatable bonds is 5. The molecule has 2 atom stereocenters. The SMILES string of the molecule is CCOC(=O)C1C(=O)C=C(c2ccsc2)CC1c1ccccc1OC. The van der Waals surface area contributed by atoms with Gasteiger partial charge in [-0.15, -0.1) is 0 Å². The Kier molecular flexibility index (Phi) is 5.34. The fraction of sp³-hybridized carbons (Fsp3) is 0.300. The van der Waals surface area contributed by atoms with Crippen molar-refractivity contribution in [3.8, 4) is 5.75 Å². The van der Waals surface area contributed by atoms with Gasteiger partial charge in [-0.2, -0.15) is 11.3 Å². The van der Waals surface area contributed by atoms with Crippen LogP contribution in [0.3, 0.4) is 0 Å². The van der Waals surface area contributed by atoms with E-state index in [0.29, 0.717) is 12.2 Å². The van der Waals surface area contributed by atoms with E-state index in [1.807, 2.05) is 41.1 Å². The molecule has 3 rings (SSSR count). The van der Waals surface area contributed by atoms with Crippen LogP contribution in [0.1, 0.15) is 30.4 Å². The van der Waals surface area contributed by atoms with Crippen molar-refractivity contribution in [2.45, 2.75) is 19.3 Å². The molecule has 0 radical (unpaired) electrons. The van der Waals surface area contributed by atoms with Crippen LogP contribution in [-0.4, -0.2) is 25.5 Å². The number of ether oxygens (including phenoxy) is 2. The lowest BCUT2D eigenvalue weighted by atomic mass is 9.73. The zero-order valence-electron chi connectivity index (χ0n) is 14.2. The van der Waals surface area contributed by atoms with Crippen molar-refractivity contribution in [2.24, 2.45) is 5.92 Å². The number of hydrogen-bond acceptors (Lipinski definition) is 5. The van der Waals surface area contributed by atoms with Gasteiger partial charge in [0.25, 0.3) is 0 Å². The average molecular weight is 356 g/mol. The van der Waals surface area contributed by atoms with E-state index in [-0.39, 0.29) is 18.3 Å². The van der Waals surface area contributed by atoms with Crippen molar-refractivity contribution < 1.29 is 19.1 Å². The van der Waals surface area contributed by atoms with Gasteiger partial charge in [0.05, 0.1) is 13.7 Å². The van der Waals surface area contributed by atoms with Gasteiger partial charge >= 0.3 is 5.97 Å². The molecule has 0 bridgehead atoms. The summed E-state index contributed by atoms with van der Waals surface area (Å²) in [6.45, 7) is 2.00. The summed E-state index contributed by atoms with van der Waals surface area (Å²) in [6, 6.07) is 9.53. The van der Waals surface area contributed by atoms with Gasteiger partial charge in [-0.1, -0.05) is 18.2 Å². The molecule has 0 spiro atoms. The molecular weight excluding hydrogens is 336 g/mol. The van der Waals surface area contributed by atoms with Crippen molar-refractivity contribution in [1.29, 1.82) is 0 Å². The van der Waals surface area contributed by atoms with E-state index >= 15 is 0 Å². The fourth-order valence-corrected chi connectivity index (χ4v) is 3.98. The Morgan fingerprint density at radius 1 is 1.28 bits per heavy atom. The van der Waals surface area contributed by atoms with E-state index in [1.165, 1.54) is 0 Å². The minimum Gasteiger partial charge on any atom is -0.496 e. The minimum absolute atomic E-state index is 0.207. The van der Waals surface area contributed by atoms with E-state index in [1.54, 1.807) is 31.4 Å². The quantitative estimate of drug-likeness (QED) is 0.598. The first-order valence-corrected chi connectivity index (χ1v) is 9.16. The molecule has 4 nitrogen and oxygen atoms in total. The molecule has 5 heteroatoms. The Hall–Kier alpha value is -2.40. The number of carbonyl (C=O) groups excluding carboxylic acids is 2. The summed E-state index contributed by atoms with van der Waals surface area (Å²) in [4.78, 5) is 25.3. The highest BCUT2D eigenvalue weighted by Crippen LogP contribution is 2.43. The van der Waals surface area contributed by atoms with Gasteiger partial charge in [0, 0.05) is 5.92 Å². The van der Waals surface area contributed by atoms with Gasteiger partial charge in [0.15, 0.2) is 5.78 Å². The first-order valence-electron chi connectivity index (χ1n) is 8.22. The van der Waals surface area contributed by atoms with E-state index in [9.17, 15) is 9.59 Å². The second-order valence-corrected chi connectivity index (χ2v) is 6.65. The van der Waals surface area contributed by atoms with Crippen LogP contribution in [0, 0.1) is 5.92 Å². The average Bonchev–Trinajstić information content (AvgIpc) is 3.15. The van der Waals surface area contributed by atoms with Crippen molar-refractivity contribution >= 4 is 28.7 Å². The standard InChI is InChI=1S/C20H20O4S/c1-3-24-20(22)19-16(15-6-4-5-7-18(15)23-2)10-14(11-17(19)21)13-8-9-25-12-13/h4-9,11-12,16,19H,3,10H2,1-2H3. The van der Waals surface area contributed by atoms with Crippen LogP contribution in [0.15, 0.2) is 47.2 Å². The van der Waals surface area contributed by atoms with Gasteiger partial charge in [-0.3, -0.25) is 9.59 Å². The van der Waals surface area contributed by atoms with Crippen LogP contribution in [0.2, 0.25) is 0 Å². The molecule has 1 aliphatic rings. The summed E-state index contributed by atoms with van der Waals surface area (Å²) in [5, 5.41) is 4.00. The number of ketones is 1. The number of para-hydroxylation sites is 1. The predicted molar refractivity (Wildman–Crippen MR) is 97.8 cm³/mol. The van der Waals surface area contributed by atoms with Gasteiger partial charge in [-0.25, -0.2) is 0 Å². The molecule has 1 aromatic heterocycles. The van der Waals surface area contributed by atoms with Crippen LogP contribution in [0.25, 0.3) is 5.57 Å². The first-order chi connectivity index (χ1) is 12.2. The summed E-state index contributed by atoms with van der Waals surface area (Å²) >= 11 is 1.59. The highest BCUT2D eigenvalue weighted by molar-refractivity contribution is 7.08. The maximum atomic E-state index is 12.8. The maximum Gasteiger partial charge on any atom is 0.317 e. The molecular formula is C20H20O4S. The molecule has 2 unspecified atom stereocenters. The second-order valence-electron chi connectivity index (χ2n) is 5.87. The Labute approximate surface area is 151 Å². The normalized spacial score (nSPS) is 20.1. The predicted octanol–water partition coefficient (Wildman–Crippen LogP) is 4.08. The topological polar surface area (TPSA) is 52.6 Å². The van der Waals surface area contributed by atoms with Gasteiger partial charge in [-0.05, 0) is 59.0 Å². The molecule has 0 amide bonds. The summed E-state index contributed by atoms with van der Waals surface area (Å²) in [5.74, 6) is -1.13. The van der Waals surface area contributed by atoms with E-state index < -0.39 is 11.9 Å². The number of methoxy groups -OCH3 is 1. The van der Waals surface area contributed by atoms with Gasteiger partial charge < -0.3 is 9.47 Å². The number of allylic oxidation sites excluding steroid dienone is 2. The summed E-state index contributed by atoms with van der Waals surface area (Å²) in [6.07, 6.45) is 2.18. The van der Waals surface area contributed by atoms with E-state index in [2.05, 4.69) is 0 Å². The maximum absolute atomic E-state index is 12.8. The molecule has 0 N–H and O–H groups in total. The van der Waals surface area contributed by atoms with Crippen LogP contribution in [0.5, 0.6) is 5.75 Å². The lowest BCUT2D eigenvalue weighted by molar-refractivity contribution is -0.151. The largest absolute Gasteiger partial charge is 0.496 e. The molecule has 0 saturated heterocycles. The van der Waals surface area contributed by atoms with Crippen LogP contribution < -0.4 is 4.74 Å². The number of esters is 1. The molecule has 1 heterocycles. The molecule has 1 aliphatic carbocycles. The molecule has 130 valence electrons. The summed E-state index contributed by atoms with van der Waals surface area (Å²) in [7, 11) is 1.60. The lowest BCUT2D eigenvalue weighted by Gasteiger charge is -2.30. The summed E-state index contributed by atoms with van der Waals surface area (Å²) < 4.78 is 10.6. The smallest absolute Gasteiger partial charge is 0.317 e. The summed E-state index contributed by atoms with van der Waals surface area (Å²) in [5.41, 5.74) is 2.83. The molecule has 2 aromatic rings. The third kappa shape index (κ3) is 3.51. The van der Waals surface area contributed by atoms with Crippen LogP contribution in [0.4, 0.5) is 0 Å². The number of hydrogen-bond donors (Lipinski definition) is 0. The lowest BCUT2D eigenvalue weighted by Crippen LogP contribution is -2.34. The second kappa shape index (κ2) is 7.66.